The van der Waals surface area contributed by atoms with Crippen molar-refractivity contribution in [3.05, 3.63) is 65.2 Å². The number of benzene rings is 2. The van der Waals surface area contributed by atoms with Crippen molar-refractivity contribution in [3.8, 4) is 0 Å². The van der Waals surface area contributed by atoms with E-state index in [1.165, 1.54) is 16.9 Å². The van der Waals surface area contributed by atoms with Gasteiger partial charge >= 0.3 is 0 Å². The first kappa shape index (κ1) is 17.4. The molecule has 0 aliphatic heterocycles. The van der Waals surface area contributed by atoms with E-state index in [0.717, 1.165) is 26.5 Å². The van der Waals surface area contributed by atoms with E-state index in [4.69, 9.17) is 0 Å². The Balaban J connectivity index is 1.60. The van der Waals surface area contributed by atoms with Gasteiger partial charge in [-0.2, -0.15) is 0 Å². The summed E-state index contributed by atoms with van der Waals surface area (Å²) in [5, 5.41) is 15.1. The van der Waals surface area contributed by atoms with E-state index in [9.17, 15) is 4.79 Å². The number of carbonyl (C=O) groups is 1. The molecule has 3 rings (SSSR count). The zero-order valence-electron chi connectivity index (χ0n) is 13.9. The highest BCUT2D eigenvalue weighted by Crippen LogP contribution is 2.30. The molecular formula is C18H18N4OS2. The fraction of sp³-hybridized carbons (Fsp3) is 0.167. The zero-order chi connectivity index (χ0) is 17.6. The van der Waals surface area contributed by atoms with Crippen LogP contribution in [0, 0.1) is 6.92 Å². The molecule has 0 atom stereocenters. The van der Waals surface area contributed by atoms with Crippen LogP contribution >= 0.6 is 23.1 Å². The van der Waals surface area contributed by atoms with E-state index in [0.29, 0.717) is 5.56 Å². The van der Waals surface area contributed by atoms with Crippen molar-refractivity contribution in [2.75, 3.05) is 12.4 Å². The van der Waals surface area contributed by atoms with Crippen molar-refractivity contribution in [1.82, 2.24) is 15.5 Å². The van der Waals surface area contributed by atoms with Gasteiger partial charge < -0.3 is 10.6 Å². The second-order valence-corrected chi connectivity index (χ2v) is 7.63. The average molecular weight is 371 g/mol. The van der Waals surface area contributed by atoms with Gasteiger partial charge in [-0.25, -0.2) is 0 Å². The fourth-order valence-corrected chi connectivity index (χ4v) is 3.89. The fourth-order valence-electron chi connectivity index (χ4n) is 2.17. The first-order chi connectivity index (χ1) is 12.1. The second-order valence-electron chi connectivity index (χ2n) is 5.43. The highest BCUT2D eigenvalue weighted by Gasteiger charge is 2.07. The lowest BCUT2D eigenvalue weighted by molar-refractivity contribution is 0.0963. The van der Waals surface area contributed by atoms with Crippen molar-refractivity contribution in [1.29, 1.82) is 0 Å². The van der Waals surface area contributed by atoms with Gasteiger partial charge in [0.1, 0.15) is 0 Å². The Hall–Kier alpha value is -2.38. The van der Waals surface area contributed by atoms with Crippen LogP contribution in [0.25, 0.3) is 0 Å². The quantitative estimate of drug-likeness (QED) is 0.635. The predicted molar refractivity (Wildman–Crippen MR) is 104 cm³/mol. The lowest BCUT2D eigenvalue weighted by Gasteiger charge is -2.03. The van der Waals surface area contributed by atoms with E-state index in [-0.39, 0.29) is 5.91 Å². The molecule has 7 heteroatoms. The first-order valence-electron chi connectivity index (χ1n) is 7.75. The summed E-state index contributed by atoms with van der Waals surface area (Å²) in [6.45, 7) is 2.06. The minimum atomic E-state index is -0.0765. The zero-order valence-corrected chi connectivity index (χ0v) is 15.6. The standard InChI is InChI=1S/C18H18N4OS2/c1-12-6-8-15(9-7-12)20-17-21-22-18(25-17)24-11-13-4-3-5-14(10-13)16(23)19-2/h3-10H,11H2,1-2H3,(H,19,23)(H,20,21). The molecule has 128 valence electrons. The van der Waals surface area contributed by atoms with Gasteiger partial charge in [0.05, 0.1) is 0 Å². The Morgan fingerprint density at radius 1 is 1.16 bits per heavy atom. The number of nitrogens with zero attached hydrogens (tertiary/aromatic N) is 2. The Kier molecular flexibility index (Phi) is 5.67. The number of hydrogen-bond acceptors (Lipinski definition) is 6. The van der Waals surface area contributed by atoms with Crippen LogP contribution in [0.4, 0.5) is 10.8 Å². The molecule has 0 saturated carbocycles. The molecule has 3 aromatic rings. The monoisotopic (exact) mass is 370 g/mol. The molecule has 0 unspecified atom stereocenters. The van der Waals surface area contributed by atoms with E-state index >= 15 is 0 Å². The Bertz CT molecular complexity index is 862. The molecule has 0 spiro atoms. The number of amides is 1. The average Bonchev–Trinajstić information content (AvgIpc) is 3.09. The van der Waals surface area contributed by atoms with Crippen molar-refractivity contribution in [2.45, 2.75) is 17.0 Å². The maximum atomic E-state index is 11.7. The van der Waals surface area contributed by atoms with Crippen molar-refractivity contribution in [3.63, 3.8) is 0 Å². The molecule has 0 fully saturated rings. The van der Waals surface area contributed by atoms with Crippen LogP contribution in [0.5, 0.6) is 0 Å². The summed E-state index contributed by atoms with van der Waals surface area (Å²) >= 11 is 3.13. The van der Waals surface area contributed by atoms with Crippen LogP contribution in [0.1, 0.15) is 21.5 Å². The molecule has 0 bridgehead atoms. The highest BCUT2D eigenvalue weighted by molar-refractivity contribution is 8.00. The van der Waals surface area contributed by atoms with Gasteiger partial charge in [0.15, 0.2) is 4.34 Å². The number of thioether (sulfide) groups is 1. The van der Waals surface area contributed by atoms with Crippen LogP contribution in [0.15, 0.2) is 52.9 Å². The second kappa shape index (κ2) is 8.13. The number of aryl methyl sites for hydroxylation is 1. The summed E-state index contributed by atoms with van der Waals surface area (Å²) in [6, 6.07) is 15.8. The van der Waals surface area contributed by atoms with Gasteiger partial charge in [-0.1, -0.05) is 52.9 Å². The van der Waals surface area contributed by atoms with E-state index in [2.05, 4.69) is 39.9 Å². The van der Waals surface area contributed by atoms with Crippen LogP contribution in [0.2, 0.25) is 0 Å². The smallest absolute Gasteiger partial charge is 0.251 e. The first-order valence-corrected chi connectivity index (χ1v) is 9.55. The summed E-state index contributed by atoms with van der Waals surface area (Å²) < 4.78 is 0.889. The Labute approximate surface area is 154 Å². The number of rotatable bonds is 6. The molecule has 0 radical (unpaired) electrons. The number of carbonyl (C=O) groups excluding carboxylic acids is 1. The SMILES string of the molecule is CNC(=O)c1cccc(CSc2nnc(Nc3ccc(C)cc3)s2)c1. The molecule has 25 heavy (non-hydrogen) atoms. The van der Waals surface area contributed by atoms with Gasteiger partial charge in [-0.3, -0.25) is 4.79 Å². The summed E-state index contributed by atoms with van der Waals surface area (Å²) in [5.74, 6) is 0.664. The van der Waals surface area contributed by atoms with Gasteiger partial charge in [0.25, 0.3) is 5.91 Å². The van der Waals surface area contributed by atoms with Crippen molar-refractivity contribution >= 4 is 39.8 Å². The van der Waals surface area contributed by atoms with Crippen LogP contribution in [0.3, 0.4) is 0 Å². The number of aromatic nitrogens is 2. The summed E-state index contributed by atoms with van der Waals surface area (Å²) in [7, 11) is 1.63. The molecule has 0 aliphatic carbocycles. The predicted octanol–water partition coefficient (Wildman–Crippen LogP) is 4.24. The van der Waals surface area contributed by atoms with Gasteiger partial charge in [0, 0.05) is 24.1 Å². The molecule has 1 heterocycles. The third-order valence-electron chi connectivity index (χ3n) is 3.49. The Morgan fingerprint density at radius 3 is 2.72 bits per heavy atom. The minimum absolute atomic E-state index is 0.0765. The molecule has 0 saturated heterocycles. The molecule has 5 nitrogen and oxygen atoms in total. The third kappa shape index (κ3) is 4.80. The van der Waals surface area contributed by atoms with Crippen molar-refractivity contribution in [2.24, 2.45) is 0 Å². The third-order valence-corrected chi connectivity index (χ3v) is 5.53. The van der Waals surface area contributed by atoms with E-state index in [1.807, 2.05) is 36.4 Å². The molecule has 2 aromatic carbocycles. The van der Waals surface area contributed by atoms with Crippen LogP contribution < -0.4 is 10.6 Å². The summed E-state index contributed by atoms with van der Waals surface area (Å²) in [6.07, 6.45) is 0. The molecule has 2 N–H and O–H groups in total. The van der Waals surface area contributed by atoms with E-state index in [1.54, 1.807) is 18.8 Å². The number of nitrogens with one attached hydrogen (secondary N) is 2. The Morgan fingerprint density at radius 2 is 1.96 bits per heavy atom. The minimum Gasteiger partial charge on any atom is -0.355 e. The molecule has 1 aromatic heterocycles. The largest absolute Gasteiger partial charge is 0.355 e. The lowest BCUT2D eigenvalue weighted by atomic mass is 10.1. The van der Waals surface area contributed by atoms with Gasteiger partial charge in [-0.05, 0) is 36.8 Å². The highest BCUT2D eigenvalue weighted by atomic mass is 32.2. The lowest BCUT2D eigenvalue weighted by Crippen LogP contribution is -2.17. The molecule has 0 aliphatic rings. The van der Waals surface area contributed by atoms with E-state index < -0.39 is 0 Å². The normalized spacial score (nSPS) is 10.5. The molecular weight excluding hydrogens is 352 g/mol. The maximum absolute atomic E-state index is 11.7. The van der Waals surface area contributed by atoms with Gasteiger partial charge in [0.2, 0.25) is 5.13 Å². The summed E-state index contributed by atoms with van der Waals surface area (Å²) in [5.41, 5.74) is 3.96. The maximum Gasteiger partial charge on any atom is 0.251 e. The summed E-state index contributed by atoms with van der Waals surface area (Å²) in [4.78, 5) is 11.7. The van der Waals surface area contributed by atoms with Crippen LogP contribution in [-0.2, 0) is 5.75 Å². The number of hydrogen-bond donors (Lipinski definition) is 2. The van der Waals surface area contributed by atoms with Crippen LogP contribution in [-0.4, -0.2) is 23.2 Å². The van der Waals surface area contributed by atoms with Crippen molar-refractivity contribution < 1.29 is 4.79 Å². The molecule has 1 amide bonds. The van der Waals surface area contributed by atoms with Gasteiger partial charge in [-0.15, -0.1) is 10.2 Å². The number of anilines is 2. The topological polar surface area (TPSA) is 66.9 Å².